The maximum atomic E-state index is 12.6. The number of ether oxygens (including phenoxy) is 1. The predicted molar refractivity (Wildman–Crippen MR) is 106 cm³/mol. The molecule has 1 amide bonds. The molecular weight excluding hydrogens is 372 g/mol. The fraction of sp³-hybridized carbons (Fsp3) is 0.333. The molecule has 0 atom stereocenters. The lowest BCUT2D eigenvalue weighted by molar-refractivity contribution is -0.117. The molecule has 8 nitrogen and oxygen atoms in total. The van der Waals surface area contributed by atoms with Crippen molar-refractivity contribution in [2.45, 2.75) is 19.3 Å². The standard InChI is InChI=1S/C21H20N4O4/c26-19-8-16-18(25(19)11-12-1-3-29-4-2-12)7-15(9-22-16)14-5-13-6-17(21(27)28)24-20(13)23-10-14/h5-7,9-10,12H,1-4,8,11H2,(H,23,24)(H,27,28). The van der Waals surface area contributed by atoms with Crippen molar-refractivity contribution in [2.75, 3.05) is 24.7 Å². The van der Waals surface area contributed by atoms with Crippen molar-refractivity contribution in [3.8, 4) is 11.1 Å². The van der Waals surface area contributed by atoms with Crippen LogP contribution in [-0.4, -0.2) is 51.7 Å². The molecule has 3 aromatic rings. The summed E-state index contributed by atoms with van der Waals surface area (Å²) in [5.74, 6) is -0.498. The minimum atomic E-state index is -1.02. The maximum absolute atomic E-state index is 12.6. The van der Waals surface area contributed by atoms with Crippen LogP contribution in [0.15, 0.2) is 30.6 Å². The average molecular weight is 392 g/mol. The number of rotatable bonds is 4. The minimum Gasteiger partial charge on any atom is -0.477 e. The van der Waals surface area contributed by atoms with Gasteiger partial charge < -0.3 is 19.7 Å². The lowest BCUT2D eigenvalue weighted by Crippen LogP contribution is -2.34. The average Bonchev–Trinajstić information content (AvgIpc) is 3.29. The number of aromatic amines is 1. The van der Waals surface area contributed by atoms with E-state index < -0.39 is 5.97 Å². The molecule has 3 aromatic heterocycles. The molecule has 148 valence electrons. The monoisotopic (exact) mass is 392 g/mol. The van der Waals surface area contributed by atoms with E-state index in [-0.39, 0.29) is 11.6 Å². The number of carboxylic acid groups (broad SMARTS) is 1. The first-order valence-electron chi connectivity index (χ1n) is 9.68. The lowest BCUT2D eigenvalue weighted by atomic mass is 9.99. The Kier molecular flexibility index (Phi) is 4.28. The first kappa shape index (κ1) is 17.8. The number of pyridine rings is 2. The zero-order valence-corrected chi connectivity index (χ0v) is 15.7. The molecule has 0 radical (unpaired) electrons. The Balaban J connectivity index is 1.47. The number of carboxylic acids is 1. The van der Waals surface area contributed by atoms with E-state index >= 15 is 0 Å². The maximum Gasteiger partial charge on any atom is 0.352 e. The lowest BCUT2D eigenvalue weighted by Gasteiger charge is -2.27. The number of fused-ring (bicyclic) bond motifs is 2. The van der Waals surface area contributed by atoms with Crippen molar-refractivity contribution >= 4 is 28.6 Å². The molecule has 0 spiro atoms. The predicted octanol–water partition coefficient (Wildman–Crippen LogP) is 2.64. The number of hydrogen-bond donors (Lipinski definition) is 2. The summed E-state index contributed by atoms with van der Waals surface area (Å²) >= 11 is 0. The van der Waals surface area contributed by atoms with Crippen LogP contribution in [0.3, 0.4) is 0 Å². The van der Waals surface area contributed by atoms with Crippen LogP contribution >= 0.6 is 0 Å². The highest BCUT2D eigenvalue weighted by atomic mass is 16.5. The van der Waals surface area contributed by atoms with Crippen LogP contribution < -0.4 is 4.90 Å². The van der Waals surface area contributed by atoms with Crippen LogP contribution in [0.5, 0.6) is 0 Å². The minimum absolute atomic E-state index is 0.0847. The van der Waals surface area contributed by atoms with Gasteiger partial charge in [0, 0.05) is 48.7 Å². The van der Waals surface area contributed by atoms with E-state index in [0.717, 1.165) is 53.9 Å². The van der Waals surface area contributed by atoms with Crippen LogP contribution in [0, 0.1) is 5.92 Å². The van der Waals surface area contributed by atoms with Gasteiger partial charge in [0.15, 0.2) is 0 Å². The Morgan fingerprint density at radius 2 is 1.93 bits per heavy atom. The van der Waals surface area contributed by atoms with Gasteiger partial charge in [-0.2, -0.15) is 0 Å². The molecule has 0 saturated carbocycles. The van der Waals surface area contributed by atoms with Gasteiger partial charge in [0.25, 0.3) is 0 Å². The molecule has 5 rings (SSSR count). The van der Waals surface area contributed by atoms with Crippen LogP contribution in [0.4, 0.5) is 5.69 Å². The first-order chi connectivity index (χ1) is 14.1. The van der Waals surface area contributed by atoms with Gasteiger partial charge in [-0.05, 0) is 37.0 Å². The molecule has 29 heavy (non-hydrogen) atoms. The fourth-order valence-corrected chi connectivity index (χ4v) is 4.06. The highest BCUT2D eigenvalue weighted by molar-refractivity contribution is 6.01. The Bertz CT molecular complexity index is 1120. The molecule has 0 bridgehead atoms. The molecule has 0 aliphatic carbocycles. The third-order valence-corrected chi connectivity index (χ3v) is 5.67. The third kappa shape index (κ3) is 3.25. The summed E-state index contributed by atoms with van der Waals surface area (Å²) in [6.07, 6.45) is 5.69. The SMILES string of the molecule is O=C(O)c1cc2cc(-c3cnc4c(c3)N(CC3CCOCC3)C(=O)C4)cnc2[nH]1. The summed E-state index contributed by atoms with van der Waals surface area (Å²) in [6, 6.07) is 5.43. The molecule has 1 saturated heterocycles. The van der Waals surface area contributed by atoms with E-state index in [1.54, 1.807) is 18.5 Å². The van der Waals surface area contributed by atoms with E-state index in [1.165, 1.54) is 0 Å². The summed E-state index contributed by atoms with van der Waals surface area (Å²) in [5, 5.41) is 9.87. The molecule has 8 heteroatoms. The zero-order valence-electron chi connectivity index (χ0n) is 15.7. The molecule has 1 fully saturated rings. The van der Waals surface area contributed by atoms with Gasteiger partial charge in [-0.25, -0.2) is 9.78 Å². The van der Waals surface area contributed by atoms with Crippen molar-refractivity contribution in [3.63, 3.8) is 0 Å². The number of amides is 1. The summed E-state index contributed by atoms with van der Waals surface area (Å²) in [7, 11) is 0. The number of nitrogens with one attached hydrogen (secondary N) is 1. The molecule has 0 aromatic carbocycles. The molecule has 2 N–H and O–H groups in total. The number of hydrogen-bond acceptors (Lipinski definition) is 5. The third-order valence-electron chi connectivity index (χ3n) is 5.67. The van der Waals surface area contributed by atoms with Gasteiger partial charge >= 0.3 is 5.97 Å². The van der Waals surface area contributed by atoms with Crippen molar-refractivity contribution in [1.82, 2.24) is 15.0 Å². The number of carbonyl (C=O) groups excluding carboxylic acids is 1. The number of aromatic carboxylic acids is 1. The van der Waals surface area contributed by atoms with Crippen LogP contribution in [0.2, 0.25) is 0 Å². The summed E-state index contributed by atoms with van der Waals surface area (Å²) in [6.45, 7) is 2.19. The Morgan fingerprint density at radius 1 is 1.17 bits per heavy atom. The van der Waals surface area contributed by atoms with E-state index in [0.29, 0.717) is 24.5 Å². The Morgan fingerprint density at radius 3 is 2.72 bits per heavy atom. The van der Waals surface area contributed by atoms with Crippen molar-refractivity contribution < 1.29 is 19.4 Å². The second kappa shape index (κ2) is 6.97. The topological polar surface area (TPSA) is 108 Å². The highest BCUT2D eigenvalue weighted by Gasteiger charge is 2.31. The van der Waals surface area contributed by atoms with Crippen molar-refractivity contribution in [2.24, 2.45) is 5.92 Å². The van der Waals surface area contributed by atoms with Crippen LogP contribution in [0.1, 0.15) is 29.0 Å². The van der Waals surface area contributed by atoms with Crippen LogP contribution in [0.25, 0.3) is 22.2 Å². The van der Waals surface area contributed by atoms with E-state index in [1.807, 2.05) is 17.0 Å². The molecule has 5 heterocycles. The van der Waals surface area contributed by atoms with Gasteiger partial charge in [-0.15, -0.1) is 0 Å². The summed E-state index contributed by atoms with van der Waals surface area (Å²) < 4.78 is 5.43. The highest BCUT2D eigenvalue weighted by Crippen LogP contribution is 2.34. The van der Waals surface area contributed by atoms with Gasteiger partial charge in [0.1, 0.15) is 11.3 Å². The second-order valence-electron chi connectivity index (χ2n) is 7.58. The van der Waals surface area contributed by atoms with E-state index in [4.69, 9.17) is 9.84 Å². The molecule has 2 aliphatic rings. The molecule has 0 unspecified atom stereocenters. The summed E-state index contributed by atoms with van der Waals surface area (Å²) in [5.41, 5.74) is 3.97. The van der Waals surface area contributed by atoms with Gasteiger partial charge in [-0.1, -0.05) is 0 Å². The normalized spacial score (nSPS) is 17.1. The second-order valence-corrected chi connectivity index (χ2v) is 7.58. The quantitative estimate of drug-likeness (QED) is 0.707. The number of carbonyl (C=O) groups is 2. The molecule has 2 aliphatic heterocycles. The van der Waals surface area contributed by atoms with Gasteiger partial charge in [-0.3, -0.25) is 9.78 Å². The smallest absolute Gasteiger partial charge is 0.352 e. The van der Waals surface area contributed by atoms with Crippen molar-refractivity contribution in [3.05, 3.63) is 42.0 Å². The summed E-state index contributed by atoms with van der Waals surface area (Å²) in [4.78, 5) is 37.3. The first-order valence-corrected chi connectivity index (χ1v) is 9.68. The van der Waals surface area contributed by atoms with E-state index in [2.05, 4.69) is 15.0 Å². The largest absolute Gasteiger partial charge is 0.477 e. The Hall–Kier alpha value is -3.26. The van der Waals surface area contributed by atoms with E-state index in [9.17, 15) is 9.59 Å². The van der Waals surface area contributed by atoms with Gasteiger partial charge in [0.05, 0.1) is 17.8 Å². The Labute approximate surface area is 166 Å². The molecular formula is C21H20N4O4. The zero-order chi connectivity index (χ0) is 20.0. The number of H-pyrrole nitrogens is 1. The van der Waals surface area contributed by atoms with Crippen molar-refractivity contribution in [1.29, 1.82) is 0 Å². The number of anilines is 1. The van der Waals surface area contributed by atoms with Gasteiger partial charge in [0.2, 0.25) is 5.91 Å². The number of aromatic nitrogens is 3. The van der Waals surface area contributed by atoms with Crippen LogP contribution in [-0.2, 0) is 16.0 Å². The number of nitrogens with zero attached hydrogens (tertiary/aromatic N) is 3. The fourth-order valence-electron chi connectivity index (χ4n) is 4.06.